The van der Waals surface area contributed by atoms with E-state index in [-0.39, 0.29) is 17.4 Å². The SMILES string of the molecule is CC1(C)NC(=O)CCN(CCn2ccccc2=O)C1=O. The average Bonchev–Trinajstić information content (AvgIpc) is 2.47. The molecule has 1 aliphatic heterocycles. The zero-order valence-corrected chi connectivity index (χ0v) is 11.8. The number of hydrogen-bond acceptors (Lipinski definition) is 3. The summed E-state index contributed by atoms with van der Waals surface area (Å²) in [4.78, 5) is 37.2. The number of carbonyl (C=O) groups excluding carboxylic acids is 2. The number of pyridine rings is 1. The van der Waals surface area contributed by atoms with E-state index >= 15 is 0 Å². The Kier molecular flexibility index (Phi) is 3.92. The predicted octanol–water partition coefficient (Wildman–Crippen LogP) is -0.0246. The minimum atomic E-state index is -0.894. The van der Waals surface area contributed by atoms with Crippen LogP contribution in [0, 0.1) is 0 Å². The largest absolute Gasteiger partial charge is 0.342 e. The van der Waals surface area contributed by atoms with E-state index in [9.17, 15) is 14.4 Å². The van der Waals surface area contributed by atoms with Crippen molar-refractivity contribution in [3.05, 3.63) is 34.7 Å². The van der Waals surface area contributed by atoms with E-state index in [0.29, 0.717) is 26.1 Å². The van der Waals surface area contributed by atoms with E-state index in [4.69, 9.17) is 0 Å². The van der Waals surface area contributed by atoms with Gasteiger partial charge in [0.15, 0.2) is 0 Å². The van der Waals surface area contributed by atoms with Crippen molar-refractivity contribution in [1.29, 1.82) is 0 Å². The maximum absolute atomic E-state index is 12.3. The average molecular weight is 277 g/mol. The summed E-state index contributed by atoms with van der Waals surface area (Å²) in [6.07, 6.45) is 1.98. The summed E-state index contributed by atoms with van der Waals surface area (Å²) in [6, 6.07) is 4.95. The standard InChI is InChI=1S/C14H19N3O3/c1-14(2)13(20)17(8-6-11(18)15-14)10-9-16-7-4-3-5-12(16)19/h3-5,7H,6,8-10H2,1-2H3,(H,15,18). The van der Waals surface area contributed by atoms with E-state index in [0.717, 1.165) is 0 Å². The molecule has 2 rings (SSSR count). The summed E-state index contributed by atoms with van der Waals surface area (Å²) in [5.41, 5.74) is -0.988. The van der Waals surface area contributed by atoms with Gasteiger partial charge >= 0.3 is 0 Å². The summed E-state index contributed by atoms with van der Waals surface area (Å²) in [6.45, 7) is 4.62. The molecule has 0 unspecified atom stereocenters. The van der Waals surface area contributed by atoms with Crippen LogP contribution in [0.1, 0.15) is 20.3 Å². The first-order valence-electron chi connectivity index (χ1n) is 6.66. The molecular weight excluding hydrogens is 258 g/mol. The van der Waals surface area contributed by atoms with Crippen LogP contribution in [0.5, 0.6) is 0 Å². The molecule has 6 nitrogen and oxygen atoms in total. The van der Waals surface area contributed by atoms with Gasteiger partial charge in [-0.3, -0.25) is 14.4 Å². The Morgan fingerprint density at radius 1 is 1.20 bits per heavy atom. The van der Waals surface area contributed by atoms with Crippen LogP contribution in [0.15, 0.2) is 29.2 Å². The van der Waals surface area contributed by atoms with E-state index in [1.54, 1.807) is 41.6 Å². The molecule has 1 N–H and O–H groups in total. The highest BCUT2D eigenvalue weighted by Gasteiger charge is 2.36. The number of hydrogen-bond donors (Lipinski definition) is 1. The van der Waals surface area contributed by atoms with Crippen LogP contribution >= 0.6 is 0 Å². The van der Waals surface area contributed by atoms with Crippen LogP contribution in [0.25, 0.3) is 0 Å². The van der Waals surface area contributed by atoms with Gasteiger partial charge in [-0.1, -0.05) is 6.07 Å². The smallest absolute Gasteiger partial charge is 0.250 e. The van der Waals surface area contributed by atoms with Crippen LogP contribution in [0.4, 0.5) is 0 Å². The van der Waals surface area contributed by atoms with Crippen molar-refractivity contribution in [3.63, 3.8) is 0 Å². The first-order chi connectivity index (χ1) is 9.40. The van der Waals surface area contributed by atoms with Crippen molar-refractivity contribution < 1.29 is 9.59 Å². The molecule has 0 aliphatic carbocycles. The highest BCUT2D eigenvalue weighted by Crippen LogP contribution is 2.13. The number of nitrogens with zero attached hydrogens (tertiary/aromatic N) is 2. The van der Waals surface area contributed by atoms with Gasteiger partial charge in [-0.05, 0) is 19.9 Å². The maximum Gasteiger partial charge on any atom is 0.250 e. The van der Waals surface area contributed by atoms with Gasteiger partial charge in [0.25, 0.3) is 5.56 Å². The van der Waals surface area contributed by atoms with Crippen molar-refractivity contribution in [1.82, 2.24) is 14.8 Å². The lowest BCUT2D eigenvalue weighted by molar-refractivity contribution is -0.137. The number of rotatable bonds is 3. The lowest BCUT2D eigenvalue weighted by atomic mass is 10.0. The number of carbonyl (C=O) groups is 2. The second-order valence-corrected chi connectivity index (χ2v) is 5.45. The molecule has 108 valence electrons. The predicted molar refractivity (Wildman–Crippen MR) is 74.1 cm³/mol. The van der Waals surface area contributed by atoms with Crippen LogP contribution in [-0.4, -0.2) is 39.9 Å². The van der Waals surface area contributed by atoms with Gasteiger partial charge in [0.1, 0.15) is 5.54 Å². The molecule has 0 atom stereocenters. The molecule has 0 saturated carbocycles. The first-order valence-corrected chi connectivity index (χ1v) is 6.66. The molecule has 6 heteroatoms. The lowest BCUT2D eigenvalue weighted by Crippen LogP contribution is -2.53. The fourth-order valence-electron chi connectivity index (χ4n) is 2.29. The van der Waals surface area contributed by atoms with Gasteiger partial charge in [0.05, 0.1) is 0 Å². The van der Waals surface area contributed by atoms with E-state index in [1.165, 1.54) is 6.07 Å². The minimum Gasteiger partial charge on any atom is -0.342 e. The summed E-state index contributed by atoms with van der Waals surface area (Å²) in [7, 11) is 0. The van der Waals surface area contributed by atoms with Gasteiger partial charge in [-0.15, -0.1) is 0 Å². The van der Waals surface area contributed by atoms with Crippen LogP contribution in [0.3, 0.4) is 0 Å². The molecule has 1 aromatic rings. The van der Waals surface area contributed by atoms with Gasteiger partial charge in [0.2, 0.25) is 11.8 Å². The third-order valence-electron chi connectivity index (χ3n) is 3.39. The Morgan fingerprint density at radius 2 is 1.95 bits per heavy atom. The highest BCUT2D eigenvalue weighted by molar-refractivity contribution is 5.92. The second kappa shape index (κ2) is 5.48. The molecule has 1 aliphatic rings. The topological polar surface area (TPSA) is 71.4 Å². The second-order valence-electron chi connectivity index (χ2n) is 5.45. The normalized spacial score (nSPS) is 18.6. The first kappa shape index (κ1) is 14.3. The van der Waals surface area contributed by atoms with Crippen molar-refractivity contribution in [2.45, 2.75) is 32.4 Å². The van der Waals surface area contributed by atoms with Crippen molar-refractivity contribution in [3.8, 4) is 0 Å². The minimum absolute atomic E-state index is 0.0942. The fourth-order valence-corrected chi connectivity index (χ4v) is 2.29. The Labute approximate surface area is 117 Å². The highest BCUT2D eigenvalue weighted by atomic mass is 16.2. The third kappa shape index (κ3) is 3.07. The molecule has 1 aromatic heterocycles. The van der Waals surface area contributed by atoms with Crippen LogP contribution < -0.4 is 10.9 Å². The third-order valence-corrected chi connectivity index (χ3v) is 3.39. The maximum atomic E-state index is 12.3. The van der Waals surface area contributed by atoms with E-state index in [1.807, 2.05) is 0 Å². The lowest BCUT2D eigenvalue weighted by Gasteiger charge is -2.28. The van der Waals surface area contributed by atoms with Gasteiger partial charge in [-0.2, -0.15) is 0 Å². The zero-order valence-electron chi connectivity index (χ0n) is 11.8. The molecule has 2 amide bonds. The van der Waals surface area contributed by atoms with Crippen LogP contribution in [-0.2, 0) is 16.1 Å². The zero-order chi connectivity index (χ0) is 14.8. The summed E-state index contributed by atoms with van der Waals surface area (Å²) in [5.74, 6) is -0.241. The monoisotopic (exact) mass is 277 g/mol. The molecule has 0 spiro atoms. The molecule has 20 heavy (non-hydrogen) atoms. The van der Waals surface area contributed by atoms with E-state index < -0.39 is 5.54 Å². The Bertz CT molecular complexity index is 577. The van der Waals surface area contributed by atoms with Gasteiger partial charge in [-0.25, -0.2) is 0 Å². The van der Waals surface area contributed by atoms with Gasteiger partial charge in [0, 0.05) is 38.3 Å². The molecule has 2 heterocycles. The molecule has 0 bridgehead atoms. The van der Waals surface area contributed by atoms with Crippen LogP contribution in [0.2, 0.25) is 0 Å². The number of amides is 2. The Balaban J connectivity index is 2.08. The molecule has 1 fully saturated rings. The summed E-state index contributed by atoms with van der Waals surface area (Å²) in [5, 5.41) is 2.71. The molecule has 0 aromatic carbocycles. The number of aromatic nitrogens is 1. The number of nitrogens with one attached hydrogen (secondary N) is 1. The van der Waals surface area contributed by atoms with Crippen molar-refractivity contribution >= 4 is 11.8 Å². The molecule has 0 radical (unpaired) electrons. The van der Waals surface area contributed by atoms with Gasteiger partial charge < -0.3 is 14.8 Å². The molecular formula is C14H19N3O3. The Morgan fingerprint density at radius 3 is 2.65 bits per heavy atom. The van der Waals surface area contributed by atoms with Crippen molar-refractivity contribution in [2.75, 3.05) is 13.1 Å². The quantitative estimate of drug-likeness (QED) is 0.843. The summed E-state index contributed by atoms with van der Waals surface area (Å²) < 4.78 is 1.56. The fraction of sp³-hybridized carbons (Fsp3) is 0.500. The molecule has 1 saturated heterocycles. The van der Waals surface area contributed by atoms with E-state index in [2.05, 4.69) is 5.32 Å². The van der Waals surface area contributed by atoms with Crippen molar-refractivity contribution in [2.24, 2.45) is 0 Å². The Hall–Kier alpha value is -2.11. The summed E-state index contributed by atoms with van der Waals surface area (Å²) >= 11 is 0.